The quantitative estimate of drug-likeness (QED) is 0.355. The van der Waals surface area contributed by atoms with Crippen LogP contribution in [-0.2, 0) is 0 Å². The Kier molecular flexibility index (Phi) is 6.51. The largest absolute Gasteiger partial charge is 0.350 e. The molecule has 2 amide bonds. The zero-order chi connectivity index (χ0) is 15.6. The summed E-state index contributed by atoms with van der Waals surface area (Å²) in [6.07, 6.45) is 1.75. The van der Waals surface area contributed by atoms with Crippen molar-refractivity contribution in [3.05, 3.63) is 66.2 Å². The molecule has 0 fully saturated rings. The van der Waals surface area contributed by atoms with Gasteiger partial charge in [-0.05, 0) is 36.3 Å². The van der Waals surface area contributed by atoms with Crippen molar-refractivity contribution in [2.24, 2.45) is 10.8 Å². The van der Waals surface area contributed by atoms with Crippen molar-refractivity contribution in [2.45, 2.75) is 17.7 Å². The van der Waals surface area contributed by atoms with Crippen molar-refractivity contribution >= 4 is 23.5 Å². The Hall–Kier alpha value is -2.27. The zero-order valence-corrected chi connectivity index (χ0v) is 13.1. The number of hydrogen-bond acceptors (Lipinski definition) is 3. The Bertz CT molecular complexity index is 614. The van der Waals surface area contributed by atoms with Gasteiger partial charge in [-0.1, -0.05) is 48.5 Å². The summed E-state index contributed by atoms with van der Waals surface area (Å²) in [5, 5.41) is 4.12. The molecule has 0 bridgehead atoms. The third-order valence-corrected chi connectivity index (χ3v) is 4.08. The summed E-state index contributed by atoms with van der Waals surface area (Å²) in [6, 6.07) is 19.5. The van der Waals surface area contributed by atoms with E-state index in [1.54, 1.807) is 0 Å². The molecule has 3 N–H and O–H groups in total. The Morgan fingerprint density at radius 3 is 2.32 bits per heavy atom. The highest BCUT2D eigenvalue weighted by atomic mass is 32.2. The summed E-state index contributed by atoms with van der Waals surface area (Å²) in [5.74, 6) is 0.992. The normalized spacial score (nSPS) is 11.2. The van der Waals surface area contributed by atoms with Gasteiger partial charge in [-0.2, -0.15) is 5.10 Å². The third kappa shape index (κ3) is 5.61. The molecule has 0 spiro atoms. The molecule has 0 radical (unpaired) electrons. The van der Waals surface area contributed by atoms with E-state index in [2.05, 4.69) is 22.7 Å². The summed E-state index contributed by atoms with van der Waals surface area (Å²) in [5.41, 5.74) is 9.25. The van der Waals surface area contributed by atoms with Gasteiger partial charge in [0.25, 0.3) is 0 Å². The Morgan fingerprint density at radius 2 is 1.68 bits per heavy atom. The summed E-state index contributed by atoms with van der Waals surface area (Å²) in [4.78, 5) is 12.1. The van der Waals surface area contributed by atoms with Crippen molar-refractivity contribution in [2.75, 3.05) is 5.75 Å². The number of thioether (sulfide) groups is 1. The maximum atomic E-state index is 10.8. The minimum atomic E-state index is -0.646. The standard InChI is InChI=1S/C17H19N3OS/c18-17(21)20-19-16(14-8-3-1-4-9-14)12-7-13-22-15-10-5-2-6-11-15/h1-6,8-11H,7,12-13H2,(H3,18,20,21). The fourth-order valence-corrected chi connectivity index (χ4v) is 2.84. The van der Waals surface area contributed by atoms with Gasteiger partial charge in [0, 0.05) is 4.90 Å². The van der Waals surface area contributed by atoms with Crippen LogP contribution in [-0.4, -0.2) is 17.5 Å². The molecule has 2 rings (SSSR count). The molecule has 4 nitrogen and oxygen atoms in total. The third-order valence-electron chi connectivity index (χ3n) is 2.98. The topological polar surface area (TPSA) is 67.5 Å². The van der Waals surface area contributed by atoms with Gasteiger partial charge in [0.15, 0.2) is 0 Å². The molecule has 5 heteroatoms. The number of nitrogens with one attached hydrogen (secondary N) is 1. The van der Waals surface area contributed by atoms with Crippen LogP contribution in [0.25, 0.3) is 0 Å². The van der Waals surface area contributed by atoms with E-state index < -0.39 is 6.03 Å². The molecule has 0 saturated heterocycles. The van der Waals surface area contributed by atoms with Crippen LogP contribution >= 0.6 is 11.8 Å². The molecule has 114 valence electrons. The van der Waals surface area contributed by atoms with Crippen LogP contribution in [0.2, 0.25) is 0 Å². The first-order valence-corrected chi connectivity index (χ1v) is 8.09. The first-order chi connectivity index (χ1) is 10.8. The first-order valence-electron chi connectivity index (χ1n) is 7.11. The van der Waals surface area contributed by atoms with E-state index in [-0.39, 0.29) is 0 Å². The smallest absolute Gasteiger partial charge is 0.332 e. The number of nitrogens with two attached hydrogens (primary N) is 1. The van der Waals surface area contributed by atoms with Crippen LogP contribution in [0.15, 0.2) is 70.7 Å². The maximum absolute atomic E-state index is 10.8. The Balaban J connectivity index is 1.90. The molecular formula is C17H19N3OS. The van der Waals surface area contributed by atoms with Crippen LogP contribution < -0.4 is 11.2 Å². The highest BCUT2D eigenvalue weighted by Gasteiger charge is 2.04. The van der Waals surface area contributed by atoms with E-state index >= 15 is 0 Å². The van der Waals surface area contributed by atoms with Crippen molar-refractivity contribution < 1.29 is 4.79 Å². The number of hydrazone groups is 1. The van der Waals surface area contributed by atoms with E-state index in [4.69, 9.17) is 5.73 Å². The number of hydrogen-bond donors (Lipinski definition) is 2. The van der Waals surface area contributed by atoms with Crippen molar-refractivity contribution in [1.82, 2.24) is 5.43 Å². The highest BCUT2D eigenvalue weighted by molar-refractivity contribution is 7.99. The molecule has 2 aromatic rings. The van der Waals surface area contributed by atoms with Crippen molar-refractivity contribution in [3.63, 3.8) is 0 Å². The highest BCUT2D eigenvalue weighted by Crippen LogP contribution is 2.19. The van der Waals surface area contributed by atoms with Crippen molar-refractivity contribution in [3.8, 4) is 0 Å². The van der Waals surface area contributed by atoms with Crippen molar-refractivity contribution in [1.29, 1.82) is 0 Å². The van der Waals surface area contributed by atoms with E-state index in [0.717, 1.165) is 29.9 Å². The van der Waals surface area contributed by atoms with Crippen LogP contribution in [0.3, 0.4) is 0 Å². The lowest BCUT2D eigenvalue weighted by molar-refractivity contribution is 0.249. The second kappa shape index (κ2) is 8.89. The molecule has 22 heavy (non-hydrogen) atoms. The molecule has 0 aliphatic heterocycles. The minimum Gasteiger partial charge on any atom is -0.350 e. The molecule has 0 unspecified atom stereocenters. The molecule has 2 aromatic carbocycles. The van der Waals surface area contributed by atoms with E-state index in [1.807, 2.05) is 60.3 Å². The number of carbonyl (C=O) groups is 1. The lowest BCUT2D eigenvalue weighted by atomic mass is 10.1. The predicted octanol–water partition coefficient (Wildman–Crippen LogP) is 3.63. The predicted molar refractivity (Wildman–Crippen MR) is 92.1 cm³/mol. The van der Waals surface area contributed by atoms with E-state index in [0.29, 0.717) is 0 Å². The van der Waals surface area contributed by atoms with Gasteiger partial charge in [0.05, 0.1) is 5.71 Å². The molecule has 0 saturated carbocycles. The van der Waals surface area contributed by atoms with Crippen LogP contribution in [0.5, 0.6) is 0 Å². The second-order valence-electron chi connectivity index (χ2n) is 4.67. The molecule has 0 aliphatic rings. The lowest BCUT2D eigenvalue weighted by Crippen LogP contribution is -2.26. The average molecular weight is 313 g/mol. The fraction of sp³-hybridized carbons (Fsp3) is 0.176. The number of rotatable bonds is 7. The van der Waals surface area contributed by atoms with Gasteiger partial charge < -0.3 is 5.73 Å². The number of amides is 2. The van der Waals surface area contributed by atoms with Gasteiger partial charge in [0.2, 0.25) is 0 Å². The molecular weight excluding hydrogens is 294 g/mol. The molecule has 0 heterocycles. The van der Waals surface area contributed by atoms with Crippen LogP contribution in [0.1, 0.15) is 18.4 Å². The number of primary amides is 1. The van der Waals surface area contributed by atoms with Gasteiger partial charge >= 0.3 is 6.03 Å². The second-order valence-corrected chi connectivity index (χ2v) is 5.83. The van der Waals surface area contributed by atoms with Gasteiger partial charge in [-0.15, -0.1) is 11.8 Å². The number of urea groups is 1. The van der Waals surface area contributed by atoms with Crippen LogP contribution in [0.4, 0.5) is 4.79 Å². The zero-order valence-electron chi connectivity index (χ0n) is 12.2. The van der Waals surface area contributed by atoms with Gasteiger partial charge in [-0.3, -0.25) is 0 Å². The summed E-state index contributed by atoms with van der Waals surface area (Å²) < 4.78 is 0. The molecule has 0 atom stereocenters. The Morgan fingerprint density at radius 1 is 1.05 bits per heavy atom. The van der Waals surface area contributed by atoms with Crippen LogP contribution in [0, 0.1) is 0 Å². The van der Waals surface area contributed by atoms with Gasteiger partial charge in [-0.25, -0.2) is 10.2 Å². The summed E-state index contributed by atoms with van der Waals surface area (Å²) in [7, 11) is 0. The van der Waals surface area contributed by atoms with E-state index in [1.165, 1.54) is 4.90 Å². The first kappa shape index (κ1) is 16.1. The van der Waals surface area contributed by atoms with E-state index in [9.17, 15) is 4.79 Å². The summed E-state index contributed by atoms with van der Waals surface area (Å²) >= 11 is 1.81. The molecule has 0 aliphatic carbocycles. The average Bonchev–Trinajstić information content (AvgIpc) is 2.56. The monoisotopic (exact) mass is 313 g/mol. The number of benzene rings is 2. The minimum absolute atomic E-state index is 0.646. The molecule has 0 aromatic heterocycles. The SMILES string of the molecule is NC(=O)NN=C(CCCSc1ccccc1)c1ccccc1. The fourth-order valence-electron chi connectivity index (χ4n) is 1.96. The maximum Gasteiger partial charge on any atom is 0.332 e. The number of carbonyl (C=O) groups excluding carboxylic acids is 1. The Labute approximate surface area is 134 Å². The summed E-state index contributed by atoms with van der Waals surface area (Å²) in [6.45, 7) is 0. The lowest BCUT2D eigenvalue weighted by Gasteiger charge is -2.07. The van der Waals surface area contributed by atoms with Gasteiger partial charge in [0.1, 0.15) is 0 Å². The number of nitrogens with zero attached hydrogens (tertiary/aromatic N) is 1.